The first-order valence-corrected chi connectivity index (χ1v) is 9.94. The molecule has 1 unspecified atom stereocenters. The molecule has 1 aliphatic rings. The first-order chi connectivity index (χ1) is 14.2. The molecule has 3 aromatic rings. The number of nitrogens with one attached hydrogen (secondary N) is 1. The molecular formula is C20H20N4O4S. The van der Waals surface area contributed by atoms with E-state index in [0.717, 1.165) is 5.69 Å². The smallest absolute Gasteiger partial charge is 0.237 e. The number of aromatic nitrogens is 3. The largest absolute Gasteiger partial charge is 0.495 e. The fraction of sp³-hybridized carbons (Fsp3) is 0.250. The first kappa shape index (κ1) is 19.1. The number of hydrogen-bond acceptors (Lipinski definition) is 7. The Labute approximate surface area is 172 Å². The third-order valence-corrected chi connectivity index (χ3v) is 5.38. The summed E-state index contributed by atoms with van der Waals surface area (Å²) >= 11 is 1.31. The predicted octanol–water partition coefficient (Wildman–Crippen LogP) is 3.17. The molecule has 150 valence electrons. The molecule has 2 heterocycles. The molecular weight excluding hydrogens is 392 g/mol. The quantitative estimate of drug-likeness (QED) is 0.622. The lowest BCUT2D eigenvalue weighted by molar-refractivity contribution is -0.115. The van der Waals surface area contributed by atoms with Crippen LogP contribution in [0, 0.1) is 0 Å². The van der Waals surface area contributed by atoms with Gasteiger partial charge in [-0.2, -0.15) is 0 Å². The van der Waals surface area contributed by atoms with E-state index in [1.54, 1.807) is 36.2 Å². The summed E-state index contributed by atoms with van der Waals surface area (Å²) in [6, 6.07) is 12.9. The van der Waals surface area contributed by atoms with Gasteiger partial charge in [0.2, 0.25) is 5.91 Å². The van der Waals surface area contributed by atoms with Crippen LogP contribution in [0.15, 0.2) is 53.9 Å². The lowest BCUT2D eigenvalue weighted by atomic mass is 10.2. The number of carbonyl (C=O) groups is 1. The summed E-state index contributed by atoms with van der Waals surface area (Å²) < 4.78 is 18.3. The second kappa shape index (κ2) is 8.44. The van der Waals surface area contributed by atoms with Gasteiger partial charge in [-0.25, -0.2) is 0 Å². The van der Waals surface area contributed by atoms with Crippen molar-refractivity contribution in [2.45, 2.75) is 17.3 Å². The third-order valence-electron chi connectivity index (χ3n) is 4.32. The van der Waals surface area contributed by atoms with Gasteiger partial charge in [0.05, 0.1) is 18.0 Å². The highest BCUT2D eigenvalue weighted by Gasteiger charge is 2.20. The van der Waals surface area contributed by atoms with Crippen molar-refractivity contribution < 1.29 is 19.0 Å². The van der Waals surface area contributed by atoms with Gasteiger partial charge in [0.15, 0.2) is 16.7 Å². The van der Waals surface area contributed by atoms with Crippen LogP contribution in [0.2, 0.25) is 0 Å². The summed E-state index contributed by atoms with van der Waals surface area (Å²) in [6.07, 6.45) is 1.60. The van der Waals surface area contributed by atoms with E-state index >= 15 is 0 Å². The number of anilines is 1. The van der Waals surface area contributed by atoms with Gasteiger partial charge in [-0.1, -0.05) is 23.9 Å². The molecule has 0 saturated carbocycles. The van der Waals surface area contributed by atoms with Crippen LogP contribution >= 0.6 is 11.8 Å². The van der Waals surface area contributed by atoms with Crippen molar-refractivity contribution in [1.29, 1.82) is 0 Å². The van der Waals surface area contributed by atoms with Crippen molar-refractivity contribution in [3.05, 3.63) is 48.8 Å². The highest BCUT2D eigenvalue weighted by molar-refractivity contribution is 8.00. The van der Waals surface area contributed by atoms with Gasteiger partial charge >= 0.3 is 0 Å². The normalized spacial score (nSPS) is 13.6. The zero-order valence-electron chi connectivity index (χ0n) is 16.0. The molecule has 1 atom stereocenters. The lowest BCUT2D eigenvalue weighted by Gasteiger charge is -2.19. The average Bonchev–Trinajstić information content (AvgIpc) is 3.21. The van der Waals surface area contributed by atoms with Crippen LogP contribution < -0.4 is 19.5 Å². The van der Waals surface area contributed by atoms with Crippen molar-refractivity contribution in [1.82, 2.24) is 14.8 Å². The van der Waals surface area contributed by atoms with Gasteiger partial charge < -0.3 is 19.5 Å². The summed E-state index contributed by atoms with van der Waals surface area (Å²) in [5, 5.41) is 11.3. The Morgan fingerprint density at radius 1 is 1.21 bits per heavy atom. The number of rotatable bonds is 6. The van der Waals surface area contributed by atoms with Gasteiger partial charge in [-0.05, 0) is 31.2 Å². The molecule has 1 amide bonds. The van der Waals surface area contributed by atoms with Crippen molar-refractivity contribution >= 4 is 23.4 Å². The van der Waals surface area contributed by atoms with E-state index in [1.807, 2.05) is 31.2 Å². The Kier molecular flexibility index (Phi) is 5.57. The first-order valence-electron chi connectivity index (χ1n) is 9.06. The van der Waals surface area contributed by atoms with E-state index in [0.29, 0.717) is 41.3 Å². The number of para-hydroxylation sites is 2. The molecule has 1 aliphatic heterocycles. The van der Waals surface area contributed by atoms with Crippen molar-refractivity contribution in [2.24, 2.45) is 0 Å². The molecule has 1 N–H and O–H groups in total. The van der Waals surface area contributed by atoms with Crippen LogP contribution in [0.4, 0.5) is 5.69 Å². The van der Waals surface area contributed by atoms with Gasteiger partial charge in [0.25, 0.3) is 0 Å². The summed E-state index contributed by atoms with van der Waals surface area (Å²) in [5.74, 6) is 1.86. The number of hydrogen-bond donors (Lipinski definition) is 1. The molecule has 4 rings (SSSR count). The van der Waals surface area contributed by atoms with Crippen molar-refractivity contribution in [2.75, 3.05) is 25.6 Å². The maximum absolute atomic E-state index is 12.7. The van der Waals surface area contributed by atoms with Crippen molar-refractivity contribution in [3.8, 4) is 22.9 Å². The van der Waals surface area contributed by atoms with E-state index < -0.39 is 5.25 Å². The standard InChI is InChI=1S/C20H20N4O4S/c1-13(19(25)22-14-7-8-17-18(11-14)28-10-9-27-17)29-20-23-21-12-24(20)15-5-3-4-6-16(15)26-2/h3-8,11-13H,9-10H2,1-2H3,(H,22,25). The Morgan fingerprint density at radius 2 is 2.00 bits per heavy atom. The average molecular weight is 412 g/mol. The molecule has 0 spiro atoms. The maximum atomic E-state index is 12.7. The zero-order valence-corrected chi connectivity index (χ0v) is 16.8. The second-order valence-corrected chi connectivity index (χ2v) is 7.57. The van der Waals surface area contributed by atoms with Crippen LogP contribution in [-0.2, 0) is 4.79 Å². The summed E-state index contributed by atoms with van der Waals surface area (Å²) in [7, 11) is 1.61. The lowest BCUT2D eigenvalue weighted by Crippen LogP contribution is -2.23. The minimum atomic E-state index is -0.402. The number of thioether (sulfide) groups is 1. The third kappa shape index (κ3) is 4.14. The molecule has 1 aromatic heterocycles. The molecule has 0 saturated heterocycles. The van der Waals surface area contributed by atoms with Crippen LogP contribution in [0.1, 0.15) is 6.92 Å². The SMILES string of the molecule is COc1ccccc1-n1cnnc1SC(C)C(=O)Nc1ccc2c(c1)OCCO2. The van der Waals surface area contributed by atoms with Gasteiger partial charge in [0, 0.05) is 11.8 Å². The van der Waals surface area contributed by atoms with E-state index in [2.05, 4.69) is 15.5 Å². The van der Waals surface area contributed by atoms with Gasteiger partial charge in [-0.15, -0.1) is 10.2 Å². The molecule has 0 fully saturated rings. The van der Waals surface area contributed by atoms with Crippen LogP contribution in [0.5, 0.6) is 17.2 Å². The van der Waals surface area contributed by atoms with E-state index in [1.165, 1.54) is 11.8 Å². The Balaban J connectivity index is 1.47. The van der Waals surface area contributed by atoms with Crippen LogP contribution in [0.25, 0.3) is 5.69 Å². The summed E-state index contributed by atoms with van der Waals surface area (Å²) in [4.78, 5) is 12.7. The predicted molar refractivity (Wildman–Crippen MR) is 109 cm³/mol. The van der Waals surface area contributed by atoms with E-state index in [-0.39, 0.29) is 5.91 Å². The Bertz CT molecular complexity index is 1020. The molecule has 9 heteroatoms. The number of amides is 1. The molecule has 29 heavy (non-hydrogen) atoms. The molecule has 2 aromatic carbocycles. The van der Waals surface area contributed by atoms with E-state index in [9.17, 15) is 4.79 Å². The van der Waals surface area contributed by atoms with E-state index in [4.69, 9.17) is 14.2 Å². The highest BCUT2D eigenvalue weighted by atomic mass is 32.2. The van der Waals surface area contributed by atoms with Crippen molar-refractivity contribution in [3.63, 3.8) is 0 Å². The summed E-state index contributed by atoms with van der Waals surface area (Å²) in [6.45, 7) is 2.84. The number of benzene rings is 2. The molecule has 0 bridgehead atoms. The topological polar surface area (TPSA) is 87.5 Å². The van der Waals surface area contributed by atoms with Gasteiger partial charge in [0.1, 0.15) is 25.3 Å². The number of fused-ring (bicyclic) bond motifs is 1. The highest BCUT2D eigenvalue weighted by Crippen LogP contribution is 2.33. The molecule has 8 nitrogen and oxygen atoms in total. The Morgan fingerprint density at radius 3 is 2.83 bits per heavy atom. The summed E-state index contributed by atoms with van der Waals surface area (Å²) in [5.41, 5.74) is 1.46. The number of nitrogens with zero attached hydrogens (tertiary/aromatic N) is 3. The fourth-order valence-corrected chi connectivity index (χ4v) is 3.71. The number of methoxy groups -OCH3 is 1. The molecule has 0 radical (unpaired) electrons. The van der Waals surface area contributed by atoms with Crippen LogP contribution in [0.3, 0.4) is 0 Å². The monoisotopic (exact) mass is 412 g/mol. The number of carbonyl (C=O) groups excluding carboxylic acids is 1. The van der Waals surface area contributed by atoms with Gasteiger partial charge in [-0.3, -0.25) is 9.36 Å². The minimum absolute atomic E-state index is 0.152. The second-order valence-electron chi connectivity index (χ2n) is 6.26. The Hall–Kier alpha value is -3.20. The van der Waals surface area contributed by atoms with Crippen LogP contribution in [-0.4, -0.2) is 46.2 Å². The minimum Gasteiger partial charge on any atom is -0.495 e. The number of ether oxygens (including phenoxy) is 3. The fourth-order valence-electron chi connectivity index (χ4n) is 2.88. The molecule has 0 aliphatic carbocycles. The zero-order chi connectivity index (χ0) is 20.2. The maximum Gasteiger partial charge on any atom is 0.237 e.